The van der Waals surface area contributed by atoms with E-state index in [1.165, 1.54) is 0 Å². The molecule has 0 rings (SSSR count). The van der Waals surface area contributed by atoms with Crippen LogP contribution in [0.2, 0.25) is 0 Å². The first kappa shape index (κ1) is 26.2. The van der Waals surface area contributed by atoms with Gasteiger partial charge in [0, 0.05) is 45.8 Å². The van der Waals surface area contributed by atoms with Gasteiger partial charge in [-0.25, -0.2) is 0 Å². The van der Waals surface area contributed by atoms with Crippen LogP contribution in [-0.2, 0) is 40.8 Å². The van der Waals surface area contributed by atoms with Crippen molar-refractivity contribution in [1.82, 2.24) is 0 Å². The van der Waals surface area contributed by atoms with Crippen LogP contribution in [0.5, 0.6) is 0 Å². The quantitative estimate of drug-likeness (QED) is 0.215. The maximum Gasteiger partial charge on any atom is 0.697 e. The van der Waals surface area contributed by atoms with Crippen LogP contribution in [0, 0.1) is 0 Å². The second-order valence-corrected chi connectivity index (χ2v) is 10.8. The lowest BCUT2D eigenvalue weighted by Crippen LogP contribution is -2.41. The fourth-order valence-corrected chi connectivity index (χ4v) is 4.48. The smallest absolute Gasteiger partial charge is 0.365 e. The molecule has 0 spiro atoms. The van der Waals surface area contributed by atoms with E-state index in [4.69, 9.17) is 20.5 Å². The van der Waals surface area contributed by atoms with Crippen LogP contribution in [0.25, 0.3) is 0 Å². The summed E-state index contributed by atoms with van der Waals surface area (Å²) < 4.78 is 63.4. The molecule has 0 aliphatic rings. The molecule has 2 atom stereocenters. The Labute approximate surface area is 152 Å². The SMILES string of the molecule is COP(=O)(OC)C(N)(O)CCO[P+](=O)OCCC(N)(O)P(=O)(OC)OC. The van der Waals surface area contributed by atoms with E-state index in [2.05, 4.69) is 18.1 Å². The Morgan fingerprint density at radius 2 is 1.08 bits per heavy atom. The second-order valence-electron chi connectivity index (χ2n) is 4.87. The van der Waals surface area contributed by atoms with Gasteiger partial charge in [0.25, 0.3) is 0 Å². The van der Waals surface area contributed by atoms with Crippen molar-refractivity contribution in [2.75, 3.05) is 41.7 Å². The molecule has 6 N–H and O–H groups in total. The molecule has 0 bridgehead atoms. The summed E-state index contributed by atoms with van der Waals surface area (Å²) in [6.45, 7) is -0.832. The Balaban J connectivity index is 4.42. The molecule has 26 heavy (non-hydrogen) atoms. The summed E-state index contributed by atoms with van der Waals surface area (Å²) in [5, 5.41) is 19.8. The van der Waals surface area contributed by atoms with Crippen LogP contribution in [0.1, 0.15) is 12.8 Å². The highest BCUT2D eigenvalue weighted by Crippen LogP contribution is 2.57. The molecule has 0 aromatic carbocycles. The van der Waals surface area contributed by atoms with E-state index in [-0.39, 0.29) is 0 Å². The highest BCUT2D eigenvalue weighted by Gasteiger charge is 2.47. The first-order chi connectivity index (χ1) is 11.8. The van der Waals surface area contributed by atoms with E-state index in [0.29, 0.717) is 0 Å². The third-order valence-electron chi connectivity index (χ3n) is 3.24. The van der Waals surface area contributed by atoms with Crippen LogP contribution < -0.4 is 11.5 Å². The average molecular weight is 443 g/mol. The van der Waals surface area contributed by atoms with Crippen LogP contribution in [0.3, 0.4) is 0 Å². The zero-order chi connectivity index (χ0) is 20.6. The normalized spacial score (nSPS) is 18.2. The van der Waals surface area contributed by atoms with Crippen molar-refractivity contribution in [2.45, 2.75) is 23.8 Å². The molecule has 0 aromatic rings. The van der Waals surface area contributed by atoms with Gasteiger partial charge in [-0.05, 0) is 0 Å². The minimum Gasteiger partial charge on any atom is -0.365 e. The van der Waals surface area contributed by atoms with Gasteiger partial charge in [0.15, 0.2) is 0 Å². The summed E-state index contributed by atoms with van der Waals surface area (Å²) in [6, 6.07) is 0. The maximum atomic E-state index is 12.0. The predicted octanol–water partition coefficient (Wildman–Crippen LogP) is 0.639. The molecular formula is C10H26N2O11P3+. The molecule has 156 valence electrons. The van der Waals surface area contributed by atoms with Gasteiger partial charge in [-0.3, -0.25) is 20.6 Å². The molecule has 0 fully saturated rings. The van der Waals surface area contributed by atoms with Gasteiger partial charge in [0.1, 0.15) is 13.2 Å². The predicted molar refractivity (Wildman–Crippen MR) is 90.3 cm³/mol. The summed E-state index contributed by atoms with van der Waals surface area (Å²) in [5.41, 5.74) is 6.18. The van der Waals surface area contributed by atoms with Gasteiger partial charge < -0.3 is 28.3 Å². The highest BCUT2D eigenvalue weighted by atomic mass is 31.2. The molecule has 2 unspecified atom stereocenters. The summed E-state index contributed by atoms with van der Waals surface area (Å²) in [6.07, 6.45) is -0.889. The Morgan fingerprint density at radius 1 is 0.808 bits per heavy atom. The van der Waals surface area contributed by atoms with Crippen molar-refractivity contribution in [1.29, 1.82) is 0 Å². The third kappa shape index (κ3) is 6.65. The van der Waals surface area contributed by atoms with Gasteiger partial charge in [-0.1, -0.05) is 0 Å². The van der Waals surface area contributed by atoms with Gasteiger partial charge in [0.05, 0.1) is 0 Å². The van der Waals surface area contributed by atoms with Crippen LogP contribution in [-0.4, -0.2) is 62.8 Å². The lowest BCUT2D eigenvalue weighted by molar-refractivity contribution is 0.0542. The molecular weight excluding hydrogens is 417 g/mol. The lowest BCUT2D eigenvalue weighted by Gasteiger charge is -2.28. The minimum atomic E-state index is -4.00. The van der Waals surface area contributed by atoms with Crippen molar-refractivity contribution in [3.63, 3.8) is 0 Å². The summed E-state index contributed by atoms with van der Waals surface area (Å²) in [5.74, 6) is 0. The molecule has 0 aliphatic carbocycles. The fourth-order valence-electron chi connectivity index (χ4n) is 1.63. The van der Waals surface area contributed by atoms with Crippen molar-refractivity contribution in [2.24, 2.45) is 11.5 Å². The number of aliphatic hydroxyl groups is 2. The van der Waals surface area contributed by atoms with Crippen molar-refractivity contribution < 1.29 is 51.1 Å². The maximum absolute atomic E-state index is 12.0. The zero-order valence-electron chi connectivity index (χ0n) is 14.9. The van der Waals surface area contributed by atoms with E-state index in [1.54, 1.807) is 0 Å². The van der Waals surface area contributed by atoms with E-state index in [1.807, 2.05) is 0 Å². The Hall–Kier alpha value is 0.160. The molecule has 13 nitrogen and oxygen atoms in total. The monoisotopic (exact) mass is 443 g/mol. The number of hydrogen-bond donors (Lipinski definition) is 4. The molecule has 0 heterocycles. The van der Waals surface area contributed by atoms with Crippen LogP contribution >= 0.6 is 23.4 Å². The minimum absolute atomic E-state index is 0.416. The summed E-state index contributed by atoms with van der Waals surface area (Å²) in [4.78, 5) is 0. The van der Waals surface area contributed by atoms with Gasteiger partial charge in [-0.2, -0.15) is 0 Å². The van der Waals surface area contributed by atoms with E-state index in [9.17, 15) is 23.9 Å². The van der Waals surface area contributed by atoms with Crippen molar-refractivity contribution >= 4 is 23.4 Å². The van der Waals surface area contributed by atoms with E-state index >= 15 is 0 Å². The van der Waals surface area contributed by atoms with Crippen LogP contribution in [0.4, 0.5) is 0 Å². The summed E-state index contributed by atoms with van der Waals surface area (Å²) >= 11 is 0. The molecule has 0 aliphatic heterocycles. The van der Waals surface area contributed by atoms with Crippen molar-refractivity contribution in [3.8, 4) is 0 Å². The van der Waals surface area contributed by atoms with E-state index in [0.717, 1.165) is 28.4 Å². The first-order valence-electron chi connectivity index (χ1n) is 7.03. The van der Waals surface area contributed by atoms with Crippen molar-refractivity contribution in [3.05, 3.63) is 0 Å². The second kappa shape index (κ2) is 10.6. The number of hydrogen-bond acceptors (Lipinski definition) is 13. The molecule has 0 saturated carbocycles. The lowest BCUT2D eigenvalue weighted by atomic mass is 10.4. The molecule has 0 aromatic heterocycles. The zero-order valence-corrected chi connectivity index (χ0v) is 17.6. The largest absolute Gasteiger partial charge is 0.697 e. The molecule has 0 radical (unpaired) electrons. The Bertz CT molecular complexity index is 494. The van der Waals surface area contributed by atoms with Gasteiger partial charge >= 0.3 is 23.4 Å². The molecule has 0 saturated heterocycles. The van der Waals surface area contributed by atoms with E-state index < -0.39 is 60.4 Å². The average Bonchev–Trinajstić information content (AvgIpc) is 2.59. The standard InChI is InChI=1S/C10H26N2O11P3/c1-18-25(16,19-2)9(11,13)5-7-22-24(15)23-8-6-10(12,14)26(17,20-3)21-4/h13-14H,5-8,11-12H2,1-4H3/q+1. The molecule has 16 heteroatoms. The van der Waals surface area contributed by atoms with Crippen LogP contribution in [0.15, 0.2) is 0 Å². The number of nitrogens with two attached hydrogens (primary N) is 2. The Morgan fingerprint density at radius 3 is 1.31 bits per heavy atom. The molecule has 0 amide bonds. The summed E-state index contributed by atoms with van der Waals surface area (Å²) in [7, 11) is -6.55. The highest BCUT2D eigenvalue weighted by molar-refractivity contribution is 7.55. The Kier molecular flexibility index (Phi) is 10.7. The topological polar surface area (TPSA) is 199 Å². The van der Waals surface area contributed by atoms with Gasteiger partial charge in [0.2, 0.25) is 10.9 Å². The fraction of sp³-hybridized carbons (Fsp3) is 1.00. The van der Waals surface area contributed by atoms with Gasteiger partial charge in [-0.15, -0.1) is 9.05 Å². The third-order valence-corrected chi connectivity index (χ3v) is 8.30. The first-order valence-corrected chi connectivity index (χ1v) is 11.2. The number of rotatable bonds is 14.